The summed E-state index contributed by atoms with van der Waals surface area (Å²) < 4.78 is 4.71. The van der Waals surface area contributed by atoms with Crippen LogP contribution in [0.25, 0.3) is 0 Å². The molecule has 1 aliphatic rings. The van der Waals surface area contributed by atoms with Crippen molar-refractivity contribution in [2.75, 3.05) is 13.7 Å². The molecule has 0 saturated carbocycles. The molecule has 78 valence electrons. The maximum absolute atomic E-state index is 11.3. The van der Waals surface area contributed by atoms with Crippen molar-refractivity contribution >= 4 is 17.5 Å². The van der Waals surface area contributed by atoms with E-state index in [0.29, 0.717) is 5.84 Å². The molecule has 0 fully saturated rings. The second kappa shape index (κ2) is 4.19. The molecule has 14 heavy (non-hydrogen) atoms. The third-order valence-electron chi connectivity index (χ3n) is 1.91. The molecule has 1 unspecified atom stereocenters. The van der Waals surface area contributed by atoms with E-state index in [9.17, 15) is 9.90 Å². The maximum atomic E-state index is 11.3. The highest BCUT2D eigenvalue weighted by molar-refractivity contribution is 6.38. The van der Waals surface area contributed by atoms with Crippen molar-refractivity contribution in [2.24, 2.45) is 10.2 Å². The van der Waals surface area contributed by atoms with E-state index in [0.717, 1.165) is 0 Å². The molecule has 0 bridgehead atoms. The van der Waals surface area contributed by atoms with Crippen LogP contribution in [0.2, 0.25) is 0 Å². The summed E-state index contributed by atoms with van der Waals surface area (Å²) in [5, 5.41) is 16.9. The molecule has 0 saturated heterocycles. The lowest BCUT2D eigenvalue weighted by Gasteiger charge is -2.26. The van der Waals surface area contributed by atoms with E-state index < -0.39 is 12.2 Å². The molecule has 0 aromatic carbocycles. The monoisotopic (exact) mass is 199 g/mol. The summed E-state index contributed by atoms with van der Waals surface area (Å²) >= 11 is 0. The maximum Gasteiger partial charge on any atom is 0.359 e. The Morgan fingerprint density at radius 2 is 2.29 bits per heavy atom. The van der Waals surface area contributed by atoms with Crippen molar-refractivity contribution in [1.29, 1.82) is 0 Å². The van der Waals surface area contributed by atoms with Gasteiger partial charge >= 0.3 is 5.97 Å². The van der Waals surface area contributed by atoms with E-state index >= 15 is 0 Å². The molecule has 0 aromatic rings. The number of ether oxygens (including phenoxy) is 1. The number of esters is 1. The van der Waals surface area contributed by atoms with Gasteiger partial charge in [-0.25, -0.2) is 4.79 Å². The van der Waals surface area contributed by atoms with Crippen molar-refractivity contribution < 1.29 is 14.6 Å². The molecule has 0 aliphatic carbocycles. The third kappa shape index (κ3) is 1.90. The van der Waals surface area contributed by atoms with Gasteiger partial charge in [0.2, 0.25) is 0 Å². The minimum Gasteiger partial charge on any atom is -0.461 e. The molecule has 1 aliphatic heterocycles. The van der Waals surface area contributed by atoms with Crippen molar-refractivity contribution in [3.05, 3.63) is 0 Å². The number of rotatable bonds is 2. The molecular formula is C8H13N3O3. The lowest BCUT2D eigenvalue weighted by atomic mass is 10.3. The lowest BCUT2D eigenvalue weighted by Crippen LogP contribution is -2.46. The van der Waals surface area contributed by atoms with Crippen LogP contribution in [0.5, 0.6) is 0 Å². The zero-order valence-corrected chi connectivity index (χ0v) is 8.39. The first-order chi connectivity index (χ1) is 6.57. The molecule has 0 aromatic heterocycles. The van der Waals surface area contributed by atoms with Crippen molar-refractivity contribution in [2.45, 2.75) is 20.1 Å². The molecule has 6 nitrogen and oxygen atoms in total. The van der Waals surface area contributed by atoms with Gasteiger partial charge in [0.25, 0.3) is 0 Å². The summed E-state index contributed by atoms with van der Waals surface area (Å²) in [5.41, 5.74) is -0.0834. The SMILES string of the molecule is CCOC(=O)C1=NN=C(C)N(C)C1O. The van der Waals surface area contributed by atoms with Crippen LogP contribution in [0.1, 0.15) is 13.8 Å². The summed E-state index contributed by atoms with van der Waals surface area (Å²) in [5.74, 6) is -0.0892. The second-order valence-electron chi connectivity index (χ2n) is 2.84. The Balaban J connectivity index is 2.84. The molecule has 1 rings (SSSR count). The average molecular weight is 199 g/mol. The van der Waals surface area contributed by atoms with Gasteiger partial charge in [0.15, 0.2) is 11.9 Å². The second-order valence-corrected chi connectivity index (χ2v) is 2.84. The van der Waals surface area contributed by atoms with Gasteiger partial charge in [-0.15, -0.1) is 10.2 Å². The van der Waals surface area contributed by atoms with Crippen LogP contribution < -0.4 is 0 Å². The zero-order valence-electron chi connectivity index (χ0n) is 8.39. The predicted octanol–water partition coefficient (Wildman–Crippen LogP) is -0.412. The number of hydrogen-bond donors (Lipinski definition) is 1. The number of carbonyl (C=O) groups excluding carboxylic acids is 1. The molecule has 1 heterocycles. The van der Waals surface area contributed by atoms with Crippen molar-refractivity contribution in [1.82, 2.24) is 4.90 Å². The van der Waals surface area contributed by atoms with Crippen molar-refractivity contribution in [3.8, 4) is 0 Å². The Kier molecular flexibility index (Phi) is 3.19. The van der Waals surface area contributed by atoms with Gasteiger partial charge in [0, 0.05) is 7.05 Å². The molecule has 0 amide bonds. The summed E-state index contributed by atoms with van der Waals surface area (Å²) in [6.07, 6.45) is -1.08. The van der Waals surface area contributed by atoms with Crippen LogP contribution in [0.15, 0.2) is 10.2 Å². The van der Waals surface area contributed by atoms with Gasteiger partial charge in [-0.05, 0) is 13.8 Å². The Labute approximate surface area is 81.9 Å². The normalized spacial score (nSPS) is 21.4. The standard InChI is InChI=1S/C8H13N3O3/c1-4-14-8(13)6-7(12)11(3)5(2)9-10-6/h7,12H,4H2,1-3H3. The van der Waals surface area contributed by atoms with Crippen molar-refractivity contribution in [3.63, 3.8) is 0 Å². The van der Waals surface area contributed by atoms with Crippen LogP contribution in [0.4, 0.5) is 0 Å². The first-order valence-electron chi connectivity index (χ1n) is 4.28. The van der Waals surface area contributed by atoms with Gasteiger partial charge in [0.05, 0.1) is 6.61 Å². The van der Waals surface area contributed by atoms with Crippen LogP contribution >= 0.6 is 0 Å². The van der Waals surface area contributed by atoms with Crippen LogP contribution in [-0.4, -0.2) is 47.4 Å². The quantitative estimate of drug-likeness (QED) is 0.613. The zero-order chi connectivity index (χ0) is 10.7. The smallest absolute Gasteiger partial charge is 0.359 e. The Hall–Kier alpha value is -1.43. The van der Waals surface area contributed by atoms with Crippen LogP contribution in [-0.2, 0) is 9.53 Å². The number of aliphatic hydroxyl groups excluding tert-OH is 1. The first-order valence-corrected chi connectivity index (χ1v) is 4.28. The molecule has 0 radical (unpaired) electrons. The fraction of sp³-hybridized carbons (Fsp3) is 0.625. The number of amidine groups is 1. The minimum atomic E-state index is -1.08. The number of carbonyl (C=O) groups is 1. The molecule has 1 atom stereocenters. The highest BCUT2D eigenvalue weighted by atomic mass is 16.5. The molecular weight excluding hydrogens is 186 g/mol. The van der Waals surface area contributed by atoms with Gasteiger partial charge in [-0.3, -0.25) is 0 Å². The number of hydrogen-bond acceptors (Lipinski definition) is 6. The first kappa shape index (κ1) is 10.6. The van der Waals surface area contributed by atoms with Gasteiger partial charge in [-0.1, -0.05) is 0 Å². The minimum absolute atomic E-state index is 0.0834. The highest BCUT2D eigenvalue weighted by Crippen LogP contribution is 2.06. The number of nitrogens with zero attached hydrogens (tertiary/aromatic N) is 3. The Bertz CT molecular complexity index is 298. The Morgan fingerprint density at radius 1 is 1.64 bits per heavy atom. The largest absolute Gasteiger partial charge is 0.461 e. The summed E-state index contributed by atoms with van der Waals surface area (Å²) in [6.45, 7) is 3.62. The van der Waals surface area contributed by atoms with E-state index in [1.807, 2.05) is 0 Å². The average Bonchev–Trinajstić information content (AvgIpc) is 2.15. The summed E-state index contributed by atoms with van der Waals surface area (Å²) in [7, 11) is 1.62. The van der Waals surface area contributed by atoms with E-state index in [4.69, 9.17) is 4.74 Å². The van der Waals surface area contributed by atoms with E-state index in [1.165, 1.54) is 4.90 Å². The topological polar surface area (TPSA) is 74.5 Å². The van der Waals surface area contributed by atoms with Gasteiger partial charge < -0.3 is 14.7 Å². The third-order valence-corrected chi connectivity index (χ3v) is 1.91. The predicted molar refractivity (Wildman–Crippen MR) is 50.9 cm³/mol. The summed E-state index contributed by atoms with van der Waals surface area (Å²) in [6, 6.07) is 0. The van der Waals surface area contributed by atoms with Crippen LogP contribution in [0.3, 0.4) is 0 Å². The Morgan fingerprint density at radius 3 is 2.86 bits per heavy atom. The fourth-order valence-electron chi connectivity index (χ4n) is 0.960. The highest BCUT2D eigenvalue weighted by Gasteiger charge is 2.29. The van der Waals surface area contributed by atoms with E-state index in [1.54, 1.807) is 20.9 Å². The van der Waals surface area contributed by atoms with Gasteiger partial charge in [0.1, 0.15) is 5.84 Å². The molecule has 0 spiro atoms. The molecule has 6 heteroatoms. The molecule has 1 N–H and O–H groups in total. The number of aliphatic hydroxyl groups is 1. The van der Waals surface area contributed by atoms with E-state index in [-0.39, 0.29) is 12.3 Å². The fourth-order valence-corrected chi connectivity index (χ4v) is 0.960. The van der Waals surface area contributed by atoms with E-state index in [2.05, 4.69) is 10.2 Å². The van der Waals surface area contributed by atoms with Crippen LogP contribution in [0, 0.1) is 0 Å². The summed E-state index contributed by atoms with van der Waals surface area (Å²) in [4.78, 5) is 12.7. The lowest BCUT2D eigenvalue weighted by molar-refractivity contribution is -0.136. The van der Waals surface area contributed by atoms with Gasteiger partial charge in [-0.2, -0.15) is 0 Å².